The molecule has 1 aromatic heterocycles. The molecule has 148 valence electrons. The zero-order valence-corrected chi connectivity index (χ0v) is 15.1. The van der Waals surface area contributed by atoms with Crippen molar-refractivity contribution in [1.82, 2.24) is 14.9 Å². The number of carbonyl (C=O) groups excluding carboxylic acids is 1. The normalized spacial score (nSPS) is 21.2. The van der Waals surface area contributed by atoms with Crippen LogP contribution in [0.1, 0.15) is 34.0 Å². The Bertz CT molecular complexity index is 920. The molecule has 0 radical (unpaired) electrons. The molecule has 1 aromatic carbocycles. The first kappa shape index (κ1) is 18.6. The number of hydrogen-bond acceptors (Lipinski definition) is 3. The number of rotatable bonds is 3. The lowest BCUT2D eigenvalue weighted by molar-refractivity contribution is -0.182. The molecule has 2 atom stereocenters. The Morgan fingerprint density at radius 1 is 1.36 bits per heavy atom. The molecule has 0 saturated heterocycles. The zero-order chi connectivity index (χ0) is 19.9. The van der Waals surface area contributed by atoms with E-state index < -0.39 is 18.0 Å². The predicted octanol–water partition coefficient (Wildman–Crippen LogP) is 3.38. The molecule has 1 N–H and O–H groups in total. The Morgan fingerprint density at radius 3 is 2.89 bits per heavy atom. The highest BCUT2D eigenvalue weighted by molar-refractivity contribution is 5.95. The van der Waals surface area contributed by atoms with Crippen LogP contribution in [0.25, 0.3) is 6.08 Å². The van der Waals surface area contributed by atoms with E-state index in [0.717, 1.165) is 11.3 Å². The minimum Gasteiger partial charge on any atom is -0.491 e. The van der Waals surface area contributed by atoms with Crippen LogP contribution in [0, 0.1) is 5.92 Å². The number of hydrogen-bond donors (Lipinski definition) is 1. The van der Waals surface area contributed by atoms with Crippen LogP contribution < -0.4 is 10.1 Å². The Hall–Kier alpha value is -2.77. The fraction of sp³-hybridized carbons (Fsp3) is 0.400. The van der Waals surface area contributed by atoms with Gasteiger partial charge in [0.2, 0.25) is 0 Å². The highest BCUT2D eigenvalue weighted by Crippen LogP contribution is 2.35. The fourth-order valence-corrected chi connectivity index (χ4v) is 3.84. The summed E-state index contributed by atoms with van der Waals surface area (Å²) in [6, 6.07) is 7.38. The molecule has 4 rings (SSSR count). The number of aryl methyl sites for hydroxylation is 1. The van der Waals surface area contributed by atoms with Crippen molar-refractivity contribution in [2.75, 3.05) is 6.61 Å². The van der Waals surface area contributed by atoms with Crippen molar-refractivity contribution < 1.29 is 22.7 Å². The monoisotopic (exact) mass is 391 g/mol. The number of imidazole rings is 1. The van der Waals surface area contributed by atoms with Gasteiger partial charge in [0.1, 0.15) is 18.2 Å². The van der Waals surface area contributed by atoms with Crippen molar-refractivity contribution >= 4 is 12.0 Å². The van der Waals surface area contributed by atoms with Crippen LogP contribution in [0.5, 0.6) is 5.75 Å². The number of ether oxygens (including phenoxy) is 1. The van der Waals surface area contributed by atoms with E-state index in [1.807, 2.05) is 24.3 Å². The van der Waals surface area contributed by atoms with Crippen molar-refractivity contribution in [1.29, 1.82) is 0 Å². The molecule has 2 aliphatic heterocycles. The molecular weight excluding hydrogens is 371 g/mol. The molecule has 0 fully saturated rings. The average molecular weight is 391 g/mol. The first-order valence-electron chi connectivity index (χ1n) is 9.17. The molecule has 0 saturated carbocycles. The lowest BCUT2D eigenvalue weighted by atomic mass is 9.99. The molecular formula is C20H20F3N3O2. The lowest BCUT2D eigenvalue weighted by Gasteiger charge is -2.26. The van der Waals surface area contributed by atoms with E-state index in [1.54, 1.807) is 0 Å². The Labute approximate surface area is 160 Å². The summed E-state index contributed by atoms with van der Waals surface area (Å²) < 4.78 is 46.5. The third kappa shape index (κ3) is 3.39. The Morgan fingerprint density at radius 2 is 2.14 bits per heavy atom. The predicted molar refractivity (Wildman–Crippen MR) is 97.1 cm³/mol. The van der Waals surface area contributed by atoms with Gasteiger partial charge in [-0.05, 0) is 30.5 Å². The summed E-state index contributed by atoms with van der Waals surface area (Å²) in [7, 11) is 0. The molecule has 3 heterocycles. The number of nitrogens with zero attached hydrogens (tertiary/aromatic N) is 2. The summed E-state index contributed by atoms with van der Waals surface area (Å²) in [5, 5.41) is 2.89. The van der Waals surface area contributed by atoms with Crippen LogP contribution in [0.15, 0.2) is 30.8 Å². The van der Waals surface area contributed by atoms with Crippen molar-refractivity contribution in [2.45, 2.75) is 38.0 Å². The molecule has 0 spiro atoms. The van der Waals surface area contributed by atoms with Gasteiger partial charge in [-0.2, -0.15) is 13.2 Å². The lowest BCUT2D eigenvalue weighted by Crippen LogP contribution is -2.43. The number of carbonyl (C=O) groups is 1. The standard InChI is InChI=1S/C20H20F3N3O2/c1-2-15-18(25-17-8-7-13(10-26(15)17)20(21,22)23)19(27)24-14-9-12-5-3-4-6-16(12)28-11-14/h2-6,13-14H,1,7-11H2,(H,24,27)/t13?,14-/m1/s1. The topological polar surface area (TPSA) is 56.1 Å². The van der Waals surface area contributed by atoms with Crippen molar-refractivity contribution in [3.8, 4) is 5.75 Å². The molecule has 2 aromatic rings. The Balaban J connectivity index is 1.53. The van der Waals surface area contributed by atoms with Crippen LogP contribution in [0.4, 0.5) is 13.2 Å². The van der Waals surface area contributed by atoms with E-state index >= 15 is 0 Å². The summed E-state index contributed by atoms with van der Waals surface area (Å²) in [4.78, 5) is 17.1. The van der Waals surface area contributed by atoms with Gasteiger partial charge in [0.15, 0.2) is 5.69 Å². The molecule has 5 nitrogen and oxygen atoms in total. The first-order chi connectivity index (χ1) is 13.4. The molecule has 0 aliphatic carbocycles. The van der Waals surface area contributed by atoms with Gasteiger partial charge in [0, 0.05) is 13.0 Å². The second kappa shape index (κ2) is 7.00. The van der Waals surface area contributed by atoms with Crippen molar-refractivity contribution in [3.05, 3.63) is 53.6 Å². The number of amides is 1. The summed E-state index contributed by atoms with van der Waals surface area (Å²) in [6.07, 6.45) is -2.09. The van der Waals surface area contributed by atoms with Crippen LogP contribution in [0.3, 0.4) is 0 Å². The zero-order valence-electron chi connectivity index (χ0n) is 15.1. The minimum atomic E-state index is -4.27. The van der Waals surface area contributed by atoms with E-state index in [2.05, 4.69) is 16.9 Å². The van der Waals surface area contributed by atoms with E-state index in [0.29, 0.717) is 24.5 Å². The van der Waals surface area contributed by atoms with Crippen molar-refractivity contribution in [3.63, 3.8) is 0 Å². The van der Waals surface area contributed by atoms with Crippen molar-refractivity contribution in [2.24, 2.45) is 5.92 Å². The fourth-order valence-electron chi connectivity index (χ4n) is 3.84. The van der Waals surface area contributed by atoms with Crippen LogP contribution in [0.2, 0.25) is 0 Å². The summed E-state index contributed by atoms with van der Waals surface area (Å²) >= 11 is 0. The van der Waals surface area contributed by atoms with Gasteiger partial charge in [-0.25, -0.2) is 4.98 Å². The summed E-state index contributed by atoms with van der Waals surface area (Å²) in [5.41, 5.74) is 1.45. The number of alkyl halides is 3. The molecule has 28 heavy (non-hydrogen) atoms. The van der Waals surface area contributed by atoms with Gasteiger partial charge < -0.3 is 14.6 Å². The molecule has 0 bridgehead atoms. The van der Waals surface area contributed by atoms with Gasteiger partial charge in [-0.15, -0.1) is 0 Å². The third-order valence-corrected chi connectivity index (χ3v) is 5.29. The van der Waals surface area contributed by atoms with Gasteiger partial charge in [-0.1, -0.05) is 24.8 Å². The van der Waals surface area contributed by atoms with E-state index in [9.17, 15) is 18.0 Å². The number of aromatic nitrogens is 2. The molecule has 1 unspecified atom stereocenters. The van der Waals surface area contributed by atoms with Gasteiger partial charge in [0.05, 0.1) is 17.7 Å². The van der Waals surface area contributed by atoms with E-state index in [-0.39, 0.29) is 31.1 Å². The second-order valence-corrected chi connectivity index (χ2v) is 7.15. The number of benzene rings is 1. The maximum Gasteiger partial charge on any atom is 0.393 e. The van der Waals surface area contributed by atoms with Gasteiger partial charge in [0.25, 0.3) is 5.91 Å². The summed E-state index contributed by atoms with van der Waals surface area (Å²) in [5.74, 6) is -0.568. The highest BCUT2D eigenvalue weighted by atomic mass is 19.4. The van der Waals surface area contributed by atoms with Gasteiger partial charge in [-0.3, -0.25) is 4.79 Å². The number of para-hydroxylation sites is 1. The number of nitrogens with one attached hydrogen (secondary N) is 1. The number of halogens is 3. The maximum absolute atomic E-state index is 13.1. The van der Waals surface area contributed by atoms with E-state index in [1.165, 1.54) is 10.6 Å². The highest BCUT2D eigenvalue weighted by Gasteiger charge is 2.42. The van der Waals surface area contributed by atoms with Gasteiger partial charge >= 0.3 is 6.18 Å². The minimum absolute atomic E-state index is 0.0224. The maximum atomic E-state index is 13.1. The third-order valence-electron chi connectivity index (χ3n) is 5.29. The molecule has 2 aliphatic rings. The van der Waals surface area contributed by atoms with E-state index in [4.69, 9.17) is 4.74 Å². The smallest absolute Gasteiger partial charge is 0.393 e. The average Bonchev–Trinajstić information content (AvgIpc) is 3.05. The Kier molecular flexibility index (Phi) is 4.64. The van der Waals surface area contributed by atoms with Crippen LogP contribution in [-0.2, 0) is 19.4 Å². The SMILES string of the molecule is C=Cc1c(C(=O)N[C@H]2COc3ccccc3C2)nc2n1CC(C(F)(F)F)CC2. The van der Waals surface area contributed by atoms with Crippen LogP contribution >= 0.6 is 0 Å². The van der Waals surface area contributed by atoms with Crippen LogP contribution in [-0.4, -0.2) is 34.3 Å². The molecule has 1 amide bonds. The first-order valence-corrected chi connectivity index (χ1v) is 9.17. The quantitative estimate of drug-likeness (QED) is 0.873. The summed E-state index contributed by atoms with van der Waals surface area (Å²) in [6.45, 7) is 3.76. The second-order valence-electron chi connectivity index (χ2n) is 7.15. The number of fused-ring (bicyclic) bond motifs is 2. The largest absolute Gasteiger partial charge is 0.491 e. The molecule has 8 heteroatoms.